The number of Topliss-reactive ketones (excluding diaryl/α,β-unsaturated/α-hetero) is 1. The van der Waals surface area contributed by atoms with Crippen LogP contribution in [0.1, 0.15) is 54.6 Å². The van der Waals surface area contributed by atoms with Crippen molar-refractivity contribution in [2.45, 2.75) is 49.8 Å². The van der Waals surface area contributed by atoms with E-state index in [4.69, 9.17) is 4.74 Å². The number of amides is 1. The molecule has 0 unspecified atom stereocenters. The molecule has 7 nitrogen and oxygen atoms in total. The second-order valence-electron chi connectivity index (χ2n) is 7.48. The molecule has 1 saturated heterocycles. The Hall–Kier alpha value is -2.23. The predicted molar refractivity (Wildman–Crippen MR) is 121 cm³/mol. The van der Waals surface area contributed by atoms with Crippen LogP contribution in [0, 0.1) is 0 Å². The number of rotatable bonds is 9. The van der Waals surface area contributed by atoms with E-state index < -0.39 is 10.0 Å². The average molecular weight is 465 g/mol. The molecule has 2 aromatic rings. The van der Waals surface area contributed by atoms with E-state index in [0.717, 1.165) is 25.7 Å². The van der Waals surface area contributed by atoms with Crippen LogP contribution in [-0.2, 0) is 14.8 Å². The van der Waals surface area contributed by atoms with Gasteiger partial charge in [-0.25, -0.2) is 8.42 Å². The molecule has 0 aliphatic carbocycles. The third-order valence-electron chi connectivity index (χ3n) is 5.25. The molecule has 2 heterocycles. The first-order valence-corrected chi connectivity index (χ1v) is 12.8. The summed E-state index contributed by atoms with van der Waals surface area (Å²) >= 11 is 1.39. The minimum atomic E-state index is -3.64. The Morgan fingerprint density at radius 3 is 2.48 bits per heavy atom. The fraction of sp³-hybridized carbons (Fsp3) is 0.455. The summed E-state index contributed by atoms with van der Waals surface area (Å²) in [6.07, 6.45) is 4.62. The third-order valence-corrected chi connectivity index (χ3v) is 8.06. The number of nitrogens with zero attached hydrogens (tertiary/aromatic N) is 1. The summed E-state index contributed by atoms with van der Waals surface area (Å²) in [7, 11) is -2.17. The Morgan fingerprint density at radius 2 is 1.84 bits per heavy atom. The van der Waals surface area contributed by atoms with Crippen LogP contribution in [0.5, 0.6) is 5.75 Å². The lowest BCUT2D eigenvalue weighted by atomic mass is 10.1. The first kappa shape index (κ1) is 23.4. The lowest BCUT2D eigenvalue weighted by Gasteiger charge is -2.21. The van der Waals surface area contributed by atoms with E-state index in [1.165, 1.54) is 34.9 Å². The van der Waals surface area contributed by atoms with Crippen LogP contribution in [0.4, 0.5) is 5.69 Å². The van der Waals surface area contributed by atoms with Crippen LogP contribution >= 0.6 is 11.3 Å². The van der Waals surface area contributed by atoms with E-state index in [-0.39, 0.29) is 29.4 Å². The lowest BCUT2D eigenvalue weighted by molar-refractivity contribution is -0.116. The van der Waals surface area contributed by atoms with Crippen molar-refractivity contribution in [2.75, 3.05) is 25.5 Å². The number of ketones is 1. The smallest absolute Gasteiger partial charge is 0.243 e. The summed E-state index contributed by atoms with van der Waals surface area (Å²) in [5.41, 5.74) is 0.313. The van der Waals surface area contributed by atoms with Gasteiger partial charge in [-0.15, -0.1) is 11.3 Å². The van der Waals surface area contributed by atoms with Crippen molar-refractivity contribution in [1.82, 2.24) is 4.31 Å². The number of carbonyl (C=O) groups is 2. The van der Waals surface area contributed by atoms with Crippen molar-refractivity contribution in [1.29, 1.82) is 0 Å². The van der Waals surface area contributed by atoms with Crippen LogP contribution in [0.25, 0.3) is 0 Å². The zero-order chi connectivity index (χ0) is 22.3. The van der Waals surface area contributed by atoms with Gasteiger partial charge in [0.2, 0.25) is 15.9 Å². The number of thiophene rings is 1. The number of carbonyl (C=O) groups excluding carboxylic acids is 2. The van der Waals surface area contributed by atoms with E-state index in [1.54, 1.807) is 12.1 Å². The summed E-state index contributed by atoms with van der Waals surface area (Å²) in [6.45, 7) is 1.02. The maximum Gasteiger partial charge on any atom is 0.243 e. The molecular formula is C22H28N2O5S2. The van der Waals surface area contributed by atoms with Crippen molar-refractivity contribution in [3.05, 3.63) is 40.6 Å². The molecule has 0 spiro atoms. The molecule has 1 aliphatic rings. The SMILES string of the molecule is COc1ccc(S(=O)(=O)N2CCCCCC2)cc1NC(=O)CCCC(=O)c1cccs1. The molecule has 0 radical (unpaired) electrons. The van der Waals surface area contributed by atoms with Gasteiger partial charge in [0.25, 0.3) is 0 Å². The molecule has 1 N–H and O–H groups in total. The van der Waals surface area contributed by atoms with E-state index in [9.17, 15) is 18.0 Å². The molecule has 0 saturated carbocycles. The van der Waals surface area contributed by atoms with Gasteiger partial charge in [-0.3, -0.25) is 9.59 Å². The monoisotopic (exact) mass is 464 g/mol. The normalized spacial score (nSPS) is 15.3. The molecule has 1 aromatic heterocycles. The van der Waals surface area contributed by atoms with Crippen molar-refractivity contribution in [3.63, 3.8) is 0 Å². The molecule has 1 aliphatic heterocycles. The predicted octanol–water partition coefficient (Wildman–Crippen LogP) is 4.31. The second kappa shape index (κ2) is 10.9. The van der Waals surface area contributed by atoms with E-state index in [1.807, 2.05) is 11.4 Å². The van der Waals surface area contributed by atoms with E-state index >= 15 is 0 Å². The lowest BCUT2D eigenvalue weighted by Crippen LogP contribution is -2.32. The van der Waals surface area contributed by atoms with Crippen molar-refractivity contribution in [3.8, 4) is 5.75 Å². The molecular weight excluding hydrogens is 436 g/mol. The first-order chi connectivity index (χ1) is 14.9. The van der Waals surface area contributed by atoms with Gasteiger partial charge >= 0.3 is 0 Å². The van der Waals surface area contributed by atoms with Gasteiger partial charge in [-0.05, 0) is 48.9 Å². The number of methoxy groups -OCH3 is 1. The zero-order valence-corrected chi connectivity index (χ0v) is 19.3. The number of nitrogens with one attached hydrogen (secondary N) is 1. The largest absolute Gasteiger partial charge is 0.495 e. The van der Waals surface area contributed by atoms with Crippen LogP contribution in [0.2, 0.25) is 0 Å². The van der Waals surface area contributed by atoms with Gasteiger partial charge in [0, 0.05) is 25.9 Å². The highest BCUT2D eigenvalue weighted by Gasteiger charge is 2.26. The number of hydrogen-bond donors (Lipinski definition) is 1. The fourth-order valence-corrected chi connectivity index (χ4v) is 5.80. The quantitative estimate of drug-likeness (QED) is 0.558. The van der Waals surface area contributed by atoms with Crippen molar-refractivity contribution < 1.29 is 22.7 Å². The summed E-state index contributed by atoms with van der Waals surface area (Å²) in [5, 5.41) is 4.59. The van der Waals surface area contributed by atoms with Gasteiger partial charge in [-0.1, -0.05) is 18.9 Å². The summed E-state index contributed by atoms with van der Waals surface area (Å²) < 4.78 is 33.0. The van der Waals surface area contributed by atoms with Crippen LogP contribution in [0.3, 0.4) is 0 Å². The first-order valence-electron chi connectivity index (χ1n) is 10.5. The molecule has 1 fully saturated rings. The molecule has 0 atom stereocenters. The second-order valence-corrected chi connectivity index (χ2v) is 10.4. The fourth-order valence-electron chi connectivity index (χ4n) is 3.56. The average Bonchev–Trinajstić information content (AvgIpc) is 3.15. The summed E-state index contributed by atoms with van der Waals surface area (Å²) in [4.78, 5) is 25.3. The van der Waals surface area contributed by atoms with Crippen LogP contribution in [-0.4, -0.2) is 44.6 Å². The summed E-state index contributed by atoms with van der Waals surface area (Å²) in [6, 6.07) is 8.11. The Morgan fingerprint density at radius 1 is 1.10 bits per heavy atom. The molecule has 1 aromatic carbocycles. The number of sulfonamides is 1. The third kappa shape index (κ3) is 6.15. The number of benzene rings is 1. The highest BCUT2D eigenvalue weighted by molar-refractivity contribution is 7.89. The molecule has 3 rings (SSSR count). The van der Waals surface area contributed by atoms with Crippen molar-refractivity contribution in [2.24, 2.45) is 0 Å². The Labute approximate surface area is 187 Å². The topological polar surface area (TPSA) is 92.8 Å². The van der Waals surface area contributed by atoms with Gasteiger partial charge < -0.3 is 10.1 Å². The van der Waals surface area contributed by atoms with Crippen molar-refractivity contribution >= 4 is 38.7 Å². The Kier molecular flexibility index (Phi) is 8.22. The summed E-state index contributed by atoms with van der Waals surface area (Å²) in [5.74, 6) is 0.116. The maximum atomic E-state index is 13.1. The molecule has 168 valence electrons. The highest BCUT2D eigenvalue weighted by atomic mass is 32.2. The number of hydrogen-bond acceptors (Lipinski definition) is 6. The minimum absolute atomic E-state index is 0.0194. The van der Waals surface area contributed by atoms with Crippen LogP contribution in [0.15, 0.2) is 40.6 Å². The molecule has 1 amide bonds. The number of anilines is 1. The Bertz CT molecular complexity index is 995. The van der Waals surface area contributed by atoms with E-state index in [0.29, 0.717) is 35.8 Å². The van der Waals surface area contributed by atoms with Gasteiger partial charge in [-0.2, -0.15) is 4.31 Å². The minimum Gasteiger partial charge on any atom is -0.495 e. The van der Waals surface area contributed by atoms with Gasteiger partial charge in [0.15, 0.2) is 5.78 Å². The number of ether oxygens (including phenoxy) is 1. The zero-order valence-electron chi connectivity index (χ0n) is 17.6. The van der Waals surface area contributed by atoms with E-state index in [2.05, 4.69) is 5.32 Å². The molecule has 31 heavy (non-hydrogen) atoms. The van der Waals surface area contributed by atoms with Crippen LogP contribution < -0.4 is 10.1 Å². The standard InChI is InChI=1S/C22H28N2O5S2/c1-29-20-12-11-17(31(27,28)24-13-4-2-3-5-14-24)16-18(20)23-22(26)10-6-8-19(25)21-9-7-15-30-21/h7,9,11-12,15-16H,2-6,8,10,13-14H2,1H3,(H,23,26). The maximum absolute atomic E-state index is 13.1. The molecule has 9 heteroatoms. The highest BCUT2D eigenvalue weighted by Crippen LogP contribution is 2.30. The van der Waals surface area contributed by atoms with Gasteiger partial charge in [0.05, 0.1) is 22.6 Å². The Balaban J connectivity index is 1.65. The van der Waals surface area contributed by atoms with Gasteiger partial charge in [0.1, 0.15) is 5.75 Å². The molecule has 0 bridgehead atoms.